The highest BCUT2D eigenvalue weighted by Crippen LogP contribution is 2.00. The van der Waals surface area contributed by atoms with Crippen LogP contribution in [0.25, 0.3) is 0 Å². The third-order valence-electron chi connectivity index (χ3n) is 1.40. The van der Waals surface area contributed by atoms with Crippen LogP contribution in [0.2, 0.25) is 0 Å². The first-order valence-corrected chi connectivity index (χ1v) is 3.81. The van der Waals surface area contributed by atoms with Gasteiger partial charge in [-0.1, -0.05) is 0 Å². The van der Waals surface area contributed by atoms with Crippen LogP contribution in [-0.4, -0.2) is 57.9 Å². The van der Waals surface area contributed by atoms with E-state index in [1.165, 1.54) is 6.92 Å². The van der Waals surface area contributed by atoms with Crippen LogP contribution in [0.5, 0.6) is 0 Å². The smallest absolute Gasteiger partial charge is 0.335 e. The molecule has 0 aromatic rings. The van der Waals surface area contributed by atoms with E-state index in [0.29, 0.717) is 0 Å². The molecule has 6 heteroatoms. The van der Waals surface area contributed by atoms with Crippen molar-refractivity contribution in [3.05, 3.63) is 0 Å². The van der Waals surface area contributed by atoms with Gasteiger partial charge < -0.3 is 25.2 Å². The number of hydrogen-bond donors (Lipinski definition) is 4. The van der Waals surface area contributed by atoms with E-state index in [4.69, 9.17) is 20.4 Å². The van der Waals surface area contributed by atoms with Gasteiger partial charge in [-0.2, -0.15) is 0 Å². The lowest BCUT2D eigenvalue weighted by molar-refractivity contribution is -0.168. The van der Waals surface area contributed by atoms with Gasteiger partial charge in [0.1, 0.15) is 12.2 Å². The average Bonchev–Trinajstić information content (AvgIpc) is 2.12. The summed E-state index contributed by atoms with van der Waals surface area (Å²) in [5.41, 5.74) is 0. The van der Waals surface area contributed by atoms with E-state index >= 15 is 0 Å². The summed E-state index contributed by atoms with van der Waals surface area (Å²) < 4.78 is 4.46. The van der Waals surface area contributed by atoms with E-state index in [-0.39, 0.29) is 0 Å². The first-order valence-electron chi connectivity index (χ1n) is 3.81. The highest BCUT2D eigenvalue weighted by atomic mass is 16.6. The predicted molar refractivity (Wildman–Crippen MR) is 41.7 cm³/mol. The molecule has 0 saturated heterocycles. The second kappa shape index (κ2) is 5.87. The normalized spacial score (nSPS) is 17.6. The lowest BCUT2D eigenvalue weighted by Gasteiger charge is -2.20. The maximum atomic E-state index is 10.8. The zero-order chi connectivity index (χ0) is 10.4. The number of hydrogen-bond acceptors (Lipinski definition) is 6. The standard InChI is InChI=1S/C7H14O6/c1-4(10)7(12)13-6(3-9)5(11)2-8/h4-6,8-11H,2-3H2,1H3/t4?,5?,6-/m0/s1. The topological polar surface area (TPSA) is 107 Å². The number of ether oxygens (including phenoxy) is 1. The molecule has 0 aliphatic carbocycles. The predicted octanol–water partition coefficient (Wildman–Crippen LogP) is -2.38. The largest absolute Gasteiger partial charge is 0.455 e. The molecule has 13 heavy (non-hydrogen) atoms. The maximum absolute atomic E-state index is 10.8. The van der Waals surface area contributed by atoms with Crippen molar-refractivity contribution in [2.24, 2.45) is 0 Å². The molecule has 0 spiro atoms. The van der Waals surface area contributed by atoms with Crippen LogP contribution in [0.3, 0.4) is 0 Å². The molecule has 78 valence electrons. The second-order valence-electron chi connectivity index (χ2n) is 2.58. The fourth-order valence-corrected chi connectivity index (χ4v) is 0.603. The van der Waals surface area contributed by atoms with E-state index in [1.54, 1.807) is 0 Å². The molecule has 0 radical (unpaired) electrons. The number of rotatable bonds is 5. The molecule has 0 aromatic carbocycles. The Hall–Kier alpha value is -0.690. The van der Waals surface area contributed by atoms with Gasteiger partial charge in [0.25, 0.3) is 0 Å². The zero-order valence-electron chi connectivity index (χ0n) is 7.25. The molecular weight excluding hydrogens is 180 g/mol. The van der Waals surface area contributed by atoms with Gasteiger partial charge in [0.15, 0.2) is 6.10 Å². The maximum Gasteiger partial charge on any atom is 0.335 e. The molecule has 0 aliphatic rings. The van der Waals surface area contributed by atoms with Crippen molar-refractivity contribution < 1.29 is 30.0 Å². The highest BCUT2D eigenvalue weighted by molar-refractivity contribution is 5.74. The fourth-order valence-electron chi connectivity index (χ4n) is 0.603. The molecule has 4 N–H and O–H groups in total. The summed E-state index contributed by atoms with van der Waals surface area (Å²) in [7, 11) is 0. The van der Waals surface area contributed by atoms with Crippen LogP contribution < -0.4 is 0 Å². The summed E-state index contributed by atoms with van der Waals surface area (Å²) in [6.07, 6.45) is -3.86. The minimum Gasteiger partial charge on any atom is -0.455 e. The number of esters is 1. The van der Waals surface area contributed by atoms with Crippen molar-refractivity contribution >= 4 is 5.97 Å². The van der Waals surface area contributed by atoms with Crippen molar-refractivity contribution in [3.63, 3.8) is 0 Å². The molecule has 0 aliphatic heterocycles. The van der Waals surface area contributed by atoms with Gasteiger partial charge in [-0.25, -0.2) is 4.79 Å². The van der Waals surface area contributed by atoms with Crippen molar-refractivity contribution in [2.45, 2.75) is 25.2 Å². The van der Waals surface area contributed by atoms with E-state index in [9.17, 15) is 4.79 Å². The molecule has 0 heterocycles. The molecule has 0 fully saturated rings. The van der Waals surface area contributed by atoms with E-state index in [1.807, 2.05) is 0 Å². The minimum atomic E-state index is -1.34. The molecule has 0 saturated carbocycles. The third-order valence-corrected chi connectivity index (χ3v) is 1.40. The quantitative estimate of drug-likeness (QED) is 0.364. The van der Waals surface area contributed by atoms with Gasteiger partial charge in [-0.3, -0.25) is 0 Å². The number of carbonyl (C=O) groups excluding carboxylic acids is 1. The first kappa shape index (κ1) is 12.3. The van der Waals surface area contributed by atoms with E-state index < -0.39 is 37.5 Å². The van der Waals surface area contributed by atoms with Crippen LogP contribution >= 0.6 is 0 Å². The van der Waals surface area contributed by atoms with Gasteiger partial charge in [-0.05, 0) is 6.92 Å². The SMILES string of the molecule is CC(O)C(=O)O[C@@H](CO)C(O)CO. The fraction of sp³-hybridized carbons (Fsp3) is 0.857. The van der Waals surface area contributed by atoms with Gasteiger partial charge in [-0.15, -0.1) is 0 Å². The van der Waals surface area contributed by atoms with E-state index in [0.717, 1.165) is 0 Å². The molecule has 3 atom stereocenters. The van der Waals surface area contributed by atoms with Crippen molar-refractivity contribution in [2.75, 3.05) is 13.2 Å². The van der Waals surface area contributed by atoms with Gasteiger partial charge >= 0.3 is 5.97 Å². The van der Waals surface area contributed by atoms with Crippen LogP contribution in [-0.2, 0) is 9.53 Å². The van der Waals surface area contributed by atoms with Crippen LogP contribution in [0.1, 0.15) is 6.92 Å². The Kier molecular flexibility index (Phi) is 5.56. The molecule has 6 nitrogen and oxygen atoms in total. The average molecular weight is 194 g/mol. The Morgan fingerprint density at radius 1 is 1.31 bits per heavy atom. The van der Waals surface area contributed by atoms with Crippen LogP contribution in [0.4, 0.5) is 0 Å². The monoisotopic (exact) mass is 194 g/mol. The summed E-state index contributed by atoms with van der Waals surface area (Å²) in [5.74, 6) is -0.952. The zero-order valence-corrected chi connectivity index (χ0v) is 7.25. The minimum absolute atomic E-state index is 0.611. The highest BCUT2D eigenvalue weighted by Gasteiger charge is 2.23. The van der Waals surface area contributed by atoms with Crippen molar-refractivity contribution in [1.82, 2.24) is 0 Å². The summed E-state index contributed by atoms with van der Waals surface area (Å²) >= 11 is 0. The Morgan fingerprint density at radius 3 is 2.15 bits per heavy atom. The third kappa shape index (κ3) is 4.18. The summed E-state index contributed by atoms with van der Waals surface area (Å²) in [6.45, 7) is -0.0411. The molecule has 2 unspecified atom stereocenters. The second-order valence-corrected chi connectivity index (χ2v) is 2.58. The lowest BCUT2D eigenvalue weighted by Crippen LogP contribution is -2.39. The lowest BCUT2D eigenvalue weighted by atomic mass is 10.2. The molecule has 0 rings (SSSR count). The Morgan fingerprint density at radius 2 is 1.85 bits per heavy atom. The first-order chi connectivity index (χ1) is 6.02. The summed E-state index contributed by atoms with van der Waals surface area (Å²) in [6, 6.07) is 0. The number of aliphatic hydroxyl groups is 4. The van der Waals surface area contributed by atoms with Crippen LogP contribution in [0.15, 0.2) is 0 Å². The molecule has 0 bridgehead atoms. The van der Waals surface area contributed by atoms with Crippen molar-refractivity contribution in [1.29, 1.82) is 0 Å². The Balaban J connectivity index is 4.05. The summed E-state index contributed by atoms with van der Waals surface area (Å²) in [5, 5.41) is 34.8. The van der Waals surface area contributed by atoms with Crippen LogP contribution in [0, 0.1) is 0 Å². The van der Waals surface area contributed by atoms with Gasteiger partial charge in [0.2, 0.25) is 0 Å². The van der Waals surface area contributed by atoms with Gasteiger partial charge in [0.05, 0.1) is 13.2 Å². The van der Waals surface area contributed by atoms with Crippen molar-refractivity contribution in [3.8, 4) is 0 Å². The van der Waals surface area contributed by atoms with Gasteiger partial charge in [0, 0.05) is 0 Å². The number of aliphatic hydroxyl groups excluding tert-OH is 4. The molecular formula is C7H14O6. The van der Waals surface area contributed by atoms with E-state index in [2.05, 4.69) is 4.74 Å². The molecule has 0 amide bonds. The summed E-state index contributed by atoms with van der Waals surface area (Å²) in [4.78, 5) is 10.8. The molecule has 0 aromatic heterocycles. The Bertz CT molecular complexity index is 157. The number of carbonyl (C=O) groups is 1. The Labute approximate surface area is 75.4 Å².